The van der Waals surface area contributed by atoms with Crippen LogP contribution in [0.15, 0.2) is 85.1 Å². The van der Waals surface area contributed by atoms with Crippen molar-refractivity contribution in [2.45, 2.75) is 38.9 Å². The van der Waals surface area contributed by atoms with Gasteiger partial charge in [0, 0.05) is 18.3 Å². The average molecular weight is 560 g/mol. The predicted octanol–water partition coefficient (Wildman–Crippen LogP) is 7.74. The van der Waals surface area contributed by atoms with Crippen molar-refractivity contribution in [3.8, 4) is 11.6 Å². The molecule has 0 unspecified atom stereocenters. The number of hydrogen-bond donors (Lipinski definition) is 3. The van der Waals surface area contributed by atoms with Crippen molar-refractivity contribution in [3.05, 3.63) is 107 Å². The van der Waals surface area contributed by atoms with Gasteiger partial charge in [-0.1, -0.05) is 57.2 Å². The number of carbonyl (C=O) groups is 1. The largest absolute Gasteiger partial charge is 0.437 e. The SMILES string of the molecule is CC(C)(C)c1ccccc1Oc1ncccc1Nc1nc2cccc(C(=O)NCc3ccc(C(F)(F)F)cc3)c2[nH]1. The predicted molar refractivity (Wildman–Crippen MR) is 151 cm³/mol. The number of para-hydroxylation sites is 2. The lowest BCUT2D eigenvalue weighted by molar-refractivity contribution is -0.137. The summed E-state index contributed by atoms with van der Waals surface area (Å²) in [6, 6.07) is 21.2. The Morgan fingerprint density at radius 3 is 2.41 bits per heavy atom. The Hall–Kier alpha value is -4.86. The first-order chi connectivity index (χ1) is 19.5. The van der Waals surface area contributed by atoms with Crippen LogP contribution < -0.4 is 15.4 Å². The highest BCUT2D eigenvalue weighted by molar-refractivity contribution is 6.05. The second-order valence-corrected chi connectivity index (χ2v) is 10.5. The molecule has 0 saturated heterocycles. The third kappa shape index (κ3) is 6.32. The first-order valence-corrected chi connectivity index (χ1v) is 12.9. The van der Waals surface area contributed by atoms with Crippen molar-refractivity contribution in [2.75, 3.05) is 5.32 Å². The van der Waals surface area contributed by atoms with Gasteiger partial charge in [-0.05, 0) is 53.4 Å². The van der Waals surface area contributed by atoms with E-state index in [1.54, 1.807) is 30.5 Å². The molecule has 5 aromatic rings. The molecule has 0 radical (unpaired) electrons. The van der Waals surface area contributed by atoms with E-state index < -0.39 is 17.6 Å². The molecule has 41 heavy (non-hydrogen) atoms. The normalized spacial score (nSPS) is 11.9. The van der Waals surface area contributed by atoms with Crippen LogP contribution in [-0.2, 0) is 18.1 Å². The molecule has 0 aliphatic rings. The summed E-state index contributed by atoms with van der Waals surface area (Å²) in [6.45, 7) is 6.40. The van der Waals surface area contributed by atoms with Gasteiger partial charge in [-0.2, -0.15) is 13.2 Å². The van der Waals surface area contributed by atoms with Crippen molar-refractivity contribution in [2.24, 2.45) is 0 Å². The molecule has 0 aliphatic carbocycles. The number of aromatic nitrogens is 3. The van der Waals surface area contributed by atoms with E-state index in [-0.39, 0.29) is 12.0 Å². The fourth-order valence-corrected chi connectivity index (χ4v) is 4.34. The molecule has 10 heteroatoms. The number of halogens is 3. The highest BCUT2D eigenvalue weighted by Crippen LogP contribution is 2.36. The van der Waals surface area contributed by atoms with Crippen LogP contribution in [0.3, 0.4) is 0 Å². The van der Waals surface area contributed by atoms with E-state index in [0.29, 0.717) is 45.4 Å². The topological polar surface area (TPSA) is 91.9 Å². The molecule has 1 amide bonds. The van der Waals surface area contributed by atoms with Gasteiger partial charge in [-0.25, -0.2) is 9.97 Å². The third-order valence-electron chi connectivity index (χ3n) is 6.42. The molecule has 2 heterocycles. The number of anilines is 2. The van der Waals surface area contributed by atoms with Crippen molar-refractivity contribution < 1.29 is 22.7 Å². The molecule has 0 bridgehead atoms. The lowest BCUT2D eigenvalue weighted by atomic mass is 9.86. The van der Waals surface area contributed by atoms with Crippen LogP contribution in [0.5, 0.6) is 11.6 Å². The minimum Gasteiger partial charge on any atom is -0.437 e. The Morgan fingerprint density at radius 1 is 0.927 bits per heavy atom. The van der Waals surface area contributed by atoms with E-state index >= 15 is 0 Å². The number of alkyl halides is 3. The molecule has 0 saturated carbocycles. The van der Waals surface area contributed by atoms with Gasteiger partial charge in [0.05, 0.1) is 22.2 Å². The number of carbonyl (C=O) groups excluding carboxylic acids is 1. The molecule has 0 aliphatic heterocycles. The summed E-state index contributed by atoms with van der Waals surface area (Å²) < 4.78 is 44.7. The molecule has 2 aromatic heterocycles. The highest BCUT2D eigenvalue weighted by atomic mass is 19.4. The third-order valence-corrected chi connectivity index (χ3v) is 6.42. The number of nitrogens with zero attached hydrogens (tertiary/aromatic N) is 2. The van der Waals surface area contributed by atoms with Crippen LogP contribution in [-0.4, -0.2) is 20.9 Å². The quantitative estimate of drug-likeness (QED) is 0.190. The molecule has 0 spiro atoms. The number of aromatic amines is 1. The molecular weight excluding hydrogens is 531 g/mol. The summed E-state index contributed by atoms with van der Waals surface area (Å²) in [5.41, 5.74) is 2.68. The summed E-state index contributed by atoms with van der Waals surface area (Å²) in [7, 11) is 0. The van der Waals surface area contributed by atoms with Gasteiger partial charge in [-0.15, -0.1) is 0 Å². The van der Waals surface area contributed by atoms with Crippen molar-refractivity contribution >= 4 is 28.6 Å². The Balaban J connectivity index is 1.34. The summed E-state index contributed by atoms with van der Waals surface area (Å²) in [6.07, 6.45) is -2.78. The number of fused-ring (bicyclic) bond motifs is 1. The Bertz CT molecular complexity index is 1690. The summed E-state index contributed by atoms with van der Waals surface area (Å²) in [5, 5.41) is 5.96. The number of hydrogen-bond acceptors (Lipinski definition) is 5. The summed E-state index contributed by atoms with van der Waals surface area (Å²) in [5.74, 6) is 1.04. The van der Waals surface area contributed by atoms with Gasteiger partial charge in [0.25, 0.3) is 5.91 Å². The number of nitrogens with one attached hydrogen (secondary N) is 3. The summed E-state index contributed by atoms with van der Waals surface area (Å²) in [4.78, 5) is 25.1. The van der Waals surface area contributed by atoms with Crippen LogP contribution >= 0.6 is 0 Å². The maximum Gasteiger partial charge on any atom is 0.416 e. The van der Waals surface area contributed by atoms with E-state index in [4.69, 9.17) is 4.74 Å². The van der Waals surface area contributed by atoms with E-state index in [9.17, 15) is 18.0 Å². The molecule has 5 rings (SSSR count). The van der Waals surface area contributed by atoms with Gasteiger partial charge in [0.15, 0.2) is 0 Å². The van der Waals surface area contributed by atoms with Crippen molar-refractivity contribution in [3.63, 3.8) is 0 Å². The van der Waals surface area contributed by atoms with Gasteiger partial charge in [-0.3, -0.25) is 4.79 Å². The highest BCUT2D eigenvalue weighted by Gasteiger charge is 2.30. The Labute approximate surface area is 234 Å². The Morgan fingerprint density at radius 2 is 1.68 bits per heavy atom. The monoisotopic (exact) mass is 559 g/mol. The molecule has 3 aromatic carbocycles. The Kier molecular flexibility index (Phi) is 7.40. The number of imidazole rings is 1. The van der Waals surface area contributed by atoms with Crippen LogP contribution in [0.1, 0.15) is 47.8 Å². The number of amides is 1. The maximum absolute atomic E-state index is 13.0. The van der Waals surface area contributed by atoms with Crippen LogP contribution in [0.2, 0.25) is 0 Å². The molecule has 0 atom stereocenters. The second-order valence-electron chi connectivity index (χ2n) is 10.5. The average Bonchev–Trinajstić information content (AvgIpc) is 3.35. The second kappa shape index (κ2) is 11.0. The number of pyridine rings is 1. The van der Waals surface area contributed by atoms with Crippen LogP contribution in [0.4, 0.5) is 24.8 Å². The van der Waals surface area contributed by atoms with Crippen LogP contribution in [0, 0.1) is 0 Å². The molecule has 210 valence electrons. The standard InChI is InChI=1S/C31H28F3N5O2/c1-30(2,3)22-9-4-5-12-25(22)41-28-24(11-7-17-35-28)38-29-37-23-10-6-8-21(26(23)39-29)27(40)36-18-19-13-15-20(16-14-19)31(32,33)34/h4-17H,18H2,1-3H3,(H,36,40)(H2,37,38,39). The summed E-state index contributed by atoms with van der Waals surface area (Å²) >= 11 is 0. The lowest BCUT2D eigenvalue weighted by Gasteiger charge is -2.22. The van der Waals surface area contributed by atoms with Gasteiger partial charge < -0.3 is 20.4 Å². The van der Waals surface area contributed by atoms with E-state index in [1.807, 2.05) is 30.3 Å². The minimum absolute atomic E-state index is 0.0685. The maximum atomic E-state index is 13.0. The zero-order valence-electron chi connectivity index (χ0n) is 22.6. The number of H-pyrrole nitrogens is 1. The minimum atomic E-state index is -4.41. The van der Waals surface area contributed by atoms with Gasteiger partial charge in [0.2, 0.25) is 11.8 Å². The van der Waals surface area contributed by atoms with E-state index in [0.717, 1.165) is 17.7 Å². The first-order valence-electron chi connectivity index (χ1n) is 12.9. The zero-order valence-corrected chi connectivity index (χ0v) is 22.6. The van der Waals surface area contributed by atoms with Gasteiger partial charge in [0.1, 0.15) is 11.4 Å². The van der Waals surface area contributed by atoms with Crippen LogP contribution in [0.25, 0.3) is 11.0 Å². The fourth-order valence-electron chi connectivity index (χ4n) is 4.34. The zero-order chi connectivity index (χ0) is 29.2. The van der Waals surface area contributed by atoms with E-state index in [2.05, 4.69) is 46.4 Å². The van der Waals surface area contributed by atoms with E-state index in [1.165, 1.54) is 12.1 Å². The number of rotatable bonds is 7. The fraction of sp³-hybridized carbons (Fsp3) is 0.194. The smallest absolute Gasteiger partial charge is 0.416 e. The van der Waals surface area contributed by atoms with Gasteiger partial charge >= 0.3 is 6.18 Å². The molecular formula is C31H28F3N5O2. The lowest BCUT2D eigenvalue weighted by Crippen LogP contribution is -2.23. The van der Waals surface area contributed by atoms with Crippen molar-refractivity contribution in [1.82, 2.24) is 20.3 Å². The first kappa shape index (κ1) is 27.7. The molecule has 3 N–H and O–H groups in total. The molecule has 0 fully saturated rings. The molecule has 7 nitrogen and oxygen atoms in total. The number of ether oxygens (including phenoxy) is 1. The van der Waals surface area contributed by atoms with Crippen molar-refractivity contribution in [1.29, 1.82) is 0 Å². The number of benzene rings is 3.